The third kappa shape index (κ3) is 15.3. The van der Waals surface area contributed by atoms with Gasteiger partial charge in [0.25, 0.3) is 0 Å². The molecule has 0 heteroatoms. The lowest BCUT2D eigenvalue weighted by Crippen LogP contribution is -2.31. The molecule has 16 atom stereocenters. The van der Waals surface area contributed by atoms with Crippen molar-refractivity contribution in [1.82, 2.24) is 0 Å². The van der Waals surface area contributed by atoms with Crippen LogP contribution in [0.4, 0.5) is 0 Å². The average Bonchev–Trinajstić information content (AvgIpc) is 3.93. The van der Waals surface area contributed by atoms with Crippen molar-refractivity contribution in [2.24, 2.45) is 107 Å². The summed E-state index contributed by atoms with van der Waals surface area (Å²) < 4.78 is 0. The molecule has 3 fully saturated rings. The van der Waals surface area contributed by atoms with E-state index in [0.29, 0.717) is 0 Å². The third-order valence-electron chi connectivity index (χ3n) is 18.2. The average molecular weight is 755 g/mol. The van der Waals surface area contributed by atoms with Crippen LogP contribution >= 0.6 is 0 Å². The van der Waals surface area contributed by atoms with E-state index < -0.39 is 0 Å². The summed E-state index contributed by atoms with van der Waals surface area (Å²) >= 11 is 0. The van der Waals surface area contributed by atoms with Gasteiger partial charge in [-0.15, -0.1) is 0 Å². The topological polar surface area (TPSA) is 0 Å². The summed E-state index contributed by atoms with van der Waals surface area (Å²) in [6.45, 7) is 39.9. The van der Waals surface area contributed by atoms with E-state index in [4.69, 9.17) is 0 Å². The Bertz CT molecular complexity index is 915. The van der Waals surface area contributed by atoms with E-state index >= 15 is 0 Å². The van der Waals surface area contributed by atoms with Gasteiger partial charge in [0.05, 0.1) is 0 Å². The Morgan fingerprint density at radius 2 is 1.13 bits per heavy atom. The Labute approximate surface area is 344 Å². The number of unbranched alkanes of at least 4 members (excludes halogenated alkanes) is 1. The van der Waals surface area contributed by atoms with Gasteiger partial charge in [-0.2, -0.15) is 0 Å². The van der Waals surface area contributed by atoms with Gasteiger partial charge < -0.3 is 0 Å². The summed E-state index contributed by atoms with van der Waals surface area (Å²) in [5, 5.41) is 0. The van der Waals surface area contributed by atoms with Crippen molar-refractivity contribution in [3.63, 3.8) is 0 Å². The lowest BCUT2D eigenvalue weighted by atomic mass is 9.66. The molecule has 322 valence electrons. The van der Waals surface area contributed by atoms with Gasteiger partial charge in [-0.05, 0) is 171 Å². The Morgan fingerprint density at radius 3 is 1.67 bits per heavy atom. The molecule has 0 N–H and O–H groups in total. The lowest BCUT2D eigenvalue weighted by Gasteiger charge is -2.39. The molecule has 0 heterocycles. The van der Waals surface area contributed by atoms with Crippen LogP contribution in [0.3, 0.4) is 0 Å². The van der Waals surface area contributed by atoms with E-state index in [0.717, 1.165) is 107 Å². The highest BCUT2D eigenvalue weighted by molar-refractivity contribution is 4.92. The molecule has 0 saturated heterocycles. The summed E-state index contributed by atoms with van der Waals surface area (Å²) in [4.78, 5) is 0. The largest absolute Gasteiger partial charge is 0.0654 e. The molecule has 16 unspecified atom stereocenters. The summed E-state index contributed by atoms with van der Waals surface area (Å²) in [6, 6.07) is 0. The van der Waals surface area contributed by atoms with Gasteiger partial charge in [-0.1, -0.05) is 175 Å². The molecule has 54 heavy (non-hydrogen) atoms. The molecule has 0 radical (unpaired) electrons. The van der Waals surface area contributed by atoms with Crippen molar-refractivity contribution in [1.29, 1.82) is 0 Å². The first kappa shape index (κ1) is 50.1. The molecule has 3 rings (SSSR count). The Morgan fingerprint density at radius 1 is 0.519 bits per heavy atom. The predicted octanol–water partition coefficient (Wildman–Crippen LogP) is 18.2. The van der Waals surface area contributed by atoms with Gasteiger partial charge in [-0.3, -0.25) is 0 Å². The molecule has 3 saturated carbocycles. The molecule has 0 aromatic carbocycles. The first-order valence-electron chi connectivity index (χ1n) is 25.7. The maximum Gasteiger partial charge on any atom is -0.0352 e. The standard InChI is InChI=1S/C42H82.C12H24/c1-13-18-22-40(42-26-30(8)25-37(42)17-5)34(12)33(11)38-23-24-39(27-38)41(29(6)7)28-36(16-4)32(10)20-19-21-35(15-3)31(9)14-2;1-5-10(4)12-7-6-11(8-12)9(2)3/h29-42H,13-28H2,1-12H3;9-12H,5-8H2,1-4H3. The highest BCUT2D eigenvalue weighted by Crippen LogP contribution is 2.52. The first-order valence-corrected chi connectivity index (χ1v) is 25.7. The highest BCUT2D eigenvalue weighted by atomic mass is 14.5. The third-order valence-corrected chi connectivity index (χ3v) is 18.2. The zero-order chi connectivity index (χ0) is 40.5. The molecule has 0 aromatic heterocycles. The number of hydrogen-bond donors (Lipinski definition) is 0. The van der Waals surface area contributed by atoms with Crippen LogP contribution in [0.25, 0.3) is 0 Å². The van der Waals surface area contributed by atoms with E-state index in [1.807, 2.05) is 0 Å². The second-order valence-corrected chi connectivity index (χ2v) is 22.0. The van der Waals surface area contributed by atoms with E-state index in [9.17, 15) is 0 Å². The SMILES string of the molecule is CCC(C)C1CCC(C(C)C)C1.CCCCC(C(C)C(C)C1CCC(C(CC(CC)C(C)CCCC(CC)C(C)CC)C(C)C)C1)C1CC(C)CC1CC. The van der Waals surface area contributed by atoms with Gasteiger partial charge in [0.2, 0.25) is 0 Å². The molecule has 0 bridgehead atoms. The summed E-state index contributed by atoms with van der Waals surface area (Å²) in [5.41, 5.74) is 0. The van der Waals surface area contributed by atoms with Crippen LogP contribution in [0.2, 0.25) is 0 Å². The van der Waals surface area contributed by atoms with Crippen LogP contribution in [0.15, 0.2) is 0 Å². The normalized spacial score (nSPS) is 31.1. The monoisotopic (exact) mass is 755 g/mol. The van der Waals surface area contributed by atoms with E-state index in [1.54, 1.807) is 0 Å². The van der Waals surface area contributed by atoms with Crippen molar-refractivity contribution < 1.29 is 0 Å². The zero-order valence-corrected chi connectivity index (χ0v) is 40.5. The fourth-order valence-electron chi connectivity index (χ4n) is 13.3. The smallest absolute Gasteiger partial charge is 0.0352 e. The molecule has 0 aromatic rings. The molecule has 3 aliphatic rings. The van der Waals surface area contributed by atoms with Gasteiger partial charge in [0.1, 0.15) is 0 Å². The maximum atomic E-state index is 2.70. The van der Waals surface area contributed by atoms with Crippen LogP contribution in [-0.2, 0) is 0 Å². The highest BCUT2D eigenvalue weighted by Gasteiger charge is 2.43. The van der Waals surface area contributed by atoms with Crippen molar-refractivity contribution in [2.45, 2.75) is 239 Å². The quantitative estimate of drug-likeness (QED) is 0.0920. The summed E-state index contributed by atoms with van der Waals surface area (Å²) in [5.74, 6) is 17.0. The Hall–Kier alpha value is 0. The molecule has 0 spiro atoms. The first-order chi connectivity index (χ1) is 25.7. The molecule has 0 aliphatic heterocycles. The van der Waals surface area contributed by atoms with Crippen LogP contribution in [-0.4, -0.2) is 0 Å². The zero-order valence-electron chi connectivity index (χ0n) is 40.5. The maximum absolute atomic E-state index is 2.70. The van der Waals surface area contributed by atoms with Crippen molar-refractivity contribution >= 4 is 0 Å². The van der Waals surface area contributed by atoms with Gasteiger partial charge in [-0.25, -0.2) is 0 Å². The predicted molar refractivity (Wildman–Crippen MR) is 246 cm³/mol. The lowest BCUT2D eigenvalue weighted by molar-refractivity contribution is 0.103. The van der Waals surface area contributed by atoms with E-state index in [1.165, 1.54) is 128 Å². The second kappa shape index (κ2) is 26.2. The van der Waals surface area contributed by atoms with Crippen molar-refractivity contribution in [3.8, 4) is 0 Å². The minimum absolute atomic E-state index is 0.834. The van der Waals surface area contributed by atoms with Crippen molar-refractivity contribution in [2.75, 3.05) is 0 Å². The minimum Gasteiger partial charge on any atom is -0.0654 e. The molecule has 0 amide bonds. The minimum atomic E-state index is 0.834. The second-order valence-electron chi connectivity index (χ2n) is 22.0. The molecular formula is C54H106. The van der Waals surface area contributed by atoms with Crippen LogP contribution in [0.1, 0.15) is 239 Å². The van der Waals surface area contributed by atoms with Gasteiger partial charge in [0, 0.05) is 0 Å². The Kier molecular flexibility index (Phi) is 24.3. The fraction of sp³-hybridized carbons (Fsp3) is 1.00. The van der Waals surface area contributed by atoms with Crippen LogP contribution in [0.5, 0.6) is 0 Å². The Balaban J connectivity index is 0.000000709. The summed E-state index contributed by atoms with van der Waals surface area (Å²) in [7, 11) is 0. The summed E-state index contributed by atoms with van der Waals surface area (Å²) in [6.07, 6.45) is 29.1. The van der Waals surface area contributed by atoms with Gasteiger partial charge in [0.15, 0.2) is 0 Å². The molecule has 3 aliphatic carbocycles. The van der Waals surface area contributed by atoms with Crippen molar-refractivity contribution in [3.05, 3.63) is 0 Å². The number of rotatable bonds is 24. The van der Waals surface area contributed by atoms with Gasteiger partial charge >= 0.3 is 0 Å². The van der Waals surface area contributed by atoms with Crippen LogP contribution < -0.4 is 0 Å². The molecule has 0 nitrogen and oxygen atoms in total. The van der Waals surface area contributed by atoms with Crippen LogP contribution in [0, 0.1) is 107 Å². The van der Waals surface area contributed by atoms with E-state index in [-0.39, 0.29) is 0 Å². The molecular weight excluding hydrogens is 649 g/mol. The van der Waals surface area contributed by atoms with E-state index in [2.05, 4.69) is 111 Å². The fourth-order valence-corrected chi connectivity index (χ4v) is 13.3. The number of hydrogen-bond acceptors (Lipinski definition) is 0.